The van der Waals surface area contributed by atoms with Gasteiger partial charge in [-0.15, -0.1) is 0 Å². The molecule has 3 aliphatic heterocycles. The second-order valence-corrected chi connectivity index (χ2v) is 16.2. The zero-order valence-electron chi connectivity index (χ0n) is 33.7. The Balaban J connectivity index is 1.09. The van der Waals surface area contributed by atoms with Gasteiger partial charge in [0.2, 0.25) is 11.8 Å². The largest absolute Gasteiger partial charge is 0.453 e. The van der Waals surface area contributed by atoms with Gasteiger partial charge in [0.1, 0.15) is 23.7 Å². The number of rotatable bonds is 11. The lowest BCUT2D eigenvalue weighted by Gasteiger charge is -2.31. The van der Waals surface area contributed by atoms with Crippen LogP contribution in [0.4, 0.5) is 9.59 Å². The number of hydrogen-bond donors (Lipinski definition) is 4. The first kappa shape index (κ1) is 40.3. The summed E-state index contributed by atoms with van der Waals surface area (Å²) >= 11 is 0. The van der Waals surface area contributed by atoms with Crippen LogP contribution in [0.1, 0.15) is 77.9 Å². The van der Waals surface area contributed by atoms with E-state index in [4.69, 9.17) is 19.5 Å². The van der Waals surface area contributed by atoms with Gasteiger partial charge in [-0.2, -0.15) is 0 Å². The van der Waals surface area contributed by atoms with Crippen molar-refractivity contribution in [1.29, 1.82) is 0 Å². The van der Waals surface area contributed by atoms with Crippen molar-refractivity contribution in [3.63, 3.8) is 0 Å². The van der Waals surface area contributed by atoms with Crippen molar-refractivity contribution in [2.24, 2.45) is 28.7 Å². The van der Waals surface area contributed by atoms with Gasteiger partial charge in [0.05, 0.1) is 50.8 Å². The molecule has 0 saturated carbocycles. The molecule has 6 rings (SSSR count). The first-order valence-corrected chi connectivity index (χ1v) is 19.6. The van der Waals surface area contributed by atoms with Crippen LogP contribution >= 0.6 is 0 Å². The summed E-state index contributed by atoms with van der Waals surface area (Å²) in [4.78, 5) is 68.1. The van der Waals surface area contributed by atoms with E-state index in [0.29, 0.717) is 25.6 Å². The average molecular weight is 769 g/mol. The minimum atomic E-state index is -0.697. The Morgan fingerprint density at radius 1 is 0.732 bits per heavy atom. The zero-order valence-corrected chi connectivity index (χ0v) is 33.7. The molecular formula is C42H56N8O6. The van der Waals surface area contributed by atoms with Gasteiger partial charge in [0, 0.05) is 13.1 Å². The van der Waals surface area contributed by atoms with Crippen LogP contribution in [-0.2, 0) is 19.1 Å². The predicted molar refractivity (Wildman–Crippen MR) is 213 cm³/mol. The van der Waals surface area contributed by atoms with E-state index in [1.165, 1.54) is 14.2 Å². The number of nitrogens with one attached hydrogen (secondary N) is 4. The number of amidine groups is 1. The van der Waals surface area contributed by atoms with Gasteiger partial charge in [-0.05, 0) is 58.8 Å². The number of likely N-dealkylation sites (tertiary alicyclic amines) is 2. The molecule has 300 valence electrons. The molecule has 0 spiro atoms. The normalized spacial score (nSPS) is 23.1. The molecule has 4 heterocycles. The van der Waals surface area contributed by atoms with Crippen LogP contribution in [0, 0.1) is 23.7 Å². The molecule has 56 heavy (non-hydrogen) atoms. The Labute approximate surface area is 329 Å². The summed E-state index contributed by atoms with van der Waals surface area (Å²) in [6.45, 7) is 13.6. The highest BCUT2D eigenvalue weighted by Gasteiger charge is 2.42. The van der Waals surface area contributed by atoms with E-state index < -0.39 is 24.3 Å². The number of carbonyl (C=O) groups is 4. The number of hydrogen-bond acceptors (Lipinski definition) is 9. The first-order valence-electron chi connectivity index (χ1n) is 19.6. The lowest BCUT2D eigenvalue weighted by Crippen LogP contribution is -2.55. The van der Waals surface area contributed by atoms with Crippen LogP contribution in [0.25, 0.3) is 22.4 Å². The number of aromatic amines is 1. The number of benzene rings is 2. The predicted octanol–water partition coefficient (Wildman–Crippen LogP) is 5.69. The third kappa shape index (κ3) is 8.69. The van der Waals surface area contributed by atoms with Crippen molar-refractivity contribution < 1.29 is 28.7 Å². The third-order valence-electron chi connectivity index (χ3n) is 11.2. The maximum Gasteiger partial charge on any atom is 0.407 e. The number of imidazole rings is 1. The molecule has 2 fully saturated rings. The second kappa shape index (κ2) is 17.2. The lowest BCUT2D eigenvalue weighted by atomic mass is 9.99. The Morgan fingerprint density at radius 3 is 1.73 bits per heavy atom. The molecule has 4 N–H and O–H groups in total. The van der Waals surface area contributed by atoms with Crippen LogP contribution in [-0.4, -0.2) is 102 Å². The minimum absolute atomic E-state index is 0.00705. The van der Waals surface area contributed by atoms with Crippen LogP contribution < -0.4 is 16.0 Å². The van der Waals surface area contributed by atoms with Crippen molar-refractivity contribution >= 4 is 29.8 Å². The summed E-state index contributed by atoms with van der Waals surface area (Å²) in [5, 5.41) is 9.04. The quantitative estimate of drug-likeness (QED) is 0.193. The zero-order chi connectivity index (χ0) is 40.3. The van der Waals surface area contributed by atoms with E-state index in [-0.39, 0.29) is 47.7 Å². The van der Waals surface area contributed by atoms with Crippen molar-refractivity contribution in [3.05, 3.63) is 66.1 Å². The molecule has 2 saturated heterocycles. The fourth-order valence-corrected chi connectivity index (χ4v) is 8.11. The lowest BCUT2D eigenvalue weighted by molar-refractivity contribution is -0.136. The number of amides is 4. The number of carbonyl (C=O) groups excluding carboxylic acids is 4. The number of aliphatic imine (C=N–C) groups is 1. The van der Waals surface area contributed by atoms with Crippen LogP contribution in [0.2, 0.25) is 0 Å². The molecule has 14 heteroatoms. The maximum atomic E-state index is 13.7. The summed E-state index contributed by atoms with van der Waals surface area (Å²) in [7, 11) is 2.59. The fourth-order valence-electron chi connectivity index (χ4n) is 8.11. The Kier molecular flexibility index (Phi) is 12.3. The number of nitrogens with zero attached hydrogens (tertiary/aromatic N) is 4. The number of aromatic nitrogens is 2. The van der Waals surface area contributed by atoms with Gasteiger partial charge in [-0.25, -0.2) is 14.6 Å². The van der Waals surface area contributed by atoms with Crippen molar-refractivity contribution in [1.82, 2.24) is 35.7 Å². The minimum Gasteiger partial charge on any atom is -0.453 e. The summed E-state index contributed by atoms with van der Waals surface area (Å²) in [5.74, 6) is 1.65. The maximum absolute atomic E-state index is 13.7. The number of H-pyrrole nitrogens is 1. The summed E-state index contributed by atoms with van der Waals surface area (Å²) in [5.41, 5.74) is 5.11. The monoisotopic (exact) mass is 768 g/mol. The number of alkyl carbamates (subject to hydrolysis) is 2. The fraction of sp³-hybridized carbons (Fsp3) is 0.524. The Morgan fingerprint density at radius 2 is 1.21 bits per heavy atom. The molecular weight excluding hydrogens is 713 g/mol. The van der Waals surface area contributed by atoms with Gasteiger partial charge in [0.25, 0.3) is 0 Å². The van der Waals surface area contributed by atoms with Crippen molar-refractivity contribution in [2.75, 3.05) is 33.9 Å². The van der Waals surface area contributed by atoms with Crippen molar-refractivity contribution in [3.8, 4) is 22.4 Å². The van der Waals surface area contributed by atoms with Crippen LogP contribution in [0.15, 0.2) is 59.7 Å². The highest BCUT2D eigenvalue weighted by Crippen LogP contribution is 2.36. The third-order valence-corrected chi connectivity index (χ3v) is 11.2. The van der Waals surface area contributed by atoms with E-state index in [1.807, 2.05) is 43.7 Å². The van der Waals surface area contributed by atoms with E-state index in [1.54, 1.807) is 0 Å². The Bertz CT molecular complexity index is 1910. The van der Waals surface area contributed by atoms with E-state index in [2.05, 4.69) is 83.3 Å². The summed E-state index contributed by atoms with van der Waals surface area (Å²) < 4.78 is 9.56. The number of methoxy groups -OCH3 is 2. The van der Waals surface area contributed by atoms with Crippen LogP contribution in [0.3, 0.4) is 0 Å². The molecule has 0 aliphatic carbocycles. The molecule has 3 aliphatic rings. The average Bonchev–Trinajstić information content (AvgIpc) is 4.02. The van der Waals surface area contributed by atoms with Gasteiger partial charge in [-0.3, -0.25) is 14.6 Å². The second-order valence-electron chi connectivity index (χ2n) is 16.2. The molecule has 0 bridgehead atoms. The van der Waals surface area contributed by atoms with Crippen LogP contribution in [0.5, 0.6) is 0 Å². The molecule has 2 aromatic carbocycles. The van der Waals surface area contributed by atoms with E-state index in [0.717, 1.165) is 52.4 Å². The topological polar surface area (TPSA) is 170 Å². The SMILES string of the molecule is COC(=O)NC(C(=O)N1C[C@@H](C)C[C@H]1C1=NCC(c2ccc(-c3ccc(-c4cnc([C@@H]5C[C@H](C)CN5C(=O)[C@@H](NC(=O)OC)C(C)C)[nH]4)cc3)cc2)N1)C(C)C. The summed E-state index contributed by atoms with van der Waals surface area (Å²) in [6, 6.07) is 15.0. The van der Waals surface area contributed by atoms with E-state index in [9.17, 15) is 19.2 Å². The first-order chi connectivity index (χ1) is 26.8. The Hall–Kier alpha value is -5.40. The van der Waals surface area contributed by atoms with Crippen molar-refractivity contribution in [2.45, 2.75) is 84.6 Å². The van der Waals surface area contributed by atoms with Gasteiger partial charge < -0.3 is 40.2 Å². The highest BCUT2D eigenvalue weighted by molar-refractivity contribution is 5.95. The molecule has 2 unspecified atom stereocenters. The molecule has 4 amide bonds. The van der Waals surface area contributed by atoms with E-state index >= 15 is 0 Å². The molecule has 0 radical (unpaired) electrons. The molecule has 14 nitrogen and oxygen atoms in total. The standard InChI is InChI=1S/C42H56N8O6/c1-23(2)35(47-41(53)55-7)39(51)49-21-25(5)17-33(49)37-43-19-31(45-37)29-13-9-27(10-14-29)28-11-15-30(16-12-28)32-20-44-38(46-32)34-18-26(6)22-50(34)40(52)36(24(3)4)48-42(54)56-8/h9-16,19,23-26,32-36H,17-18,20-22H2,1-8H3,(H,43,45)(H,44,46)(H,47,53)(H,48,54)/t25-,26-,32?,33-,34-,35-,36?/m0/s1. The number of ether oxygens (including phenoxy) is 2. The molecule has 3 aromatic rings. The molecule has 1 aromatic heterocycles. The van der Waals surface area contributed by atoms with Gasteiger partial charge in [0.15, 0.2) is 0 Å². The highest BCUT2D eigenvalue weighted by atomic mass is 16.5. The van der Waals surface area contributed by atoms with Gasteiger partial charge in [-0.1, -0.05) is 90.1 Å². The van der Waals surface area contributed by atoms with Gasteiger partial charge >= 0.3 is 12.2 Å². The summed E-state index contributed by atoms with van der Waals surface area (Å²) in [6.07, 6.45) is 2.14. The smallest absolute Gasteiger partial charge is 0.407 e. The molecule has 7 atom stereocenters.